The molecule has 2 heterocycles. The third-order valence-electron chi connectivity index (χ3n) is 4.82. The Hall–Kier alpha value is -3.15. The molecule has 0 spiro atoms. The Kier molecular flexibility index (Phi) is 8.21. The van der Waals surface area contributed by atoms with Crippen LogP contribution >= 0.6 is 39.0 Å². The Bertz CT molecular complexity index is 1340. The molecule has 4 rings (SSSR count). The quantitative estimate of drug-likeness (QED) is 0.191. The number of hydrogen-bond acceptors (Lipinski definition) is 8. The summed E-state index contributed by atoms with van der Waals surface area (Å²) in [6.07, 6.45) is 1.76. The number of benzene rings is 2. The summed E-state index contributed by atoms with van der Waals surface area (Å²) in [6, 6.07) is 13.4. The predicted molar refractivity (Wildman–Crippen MR) is 143 cm³/mol. The van der Waals surface area contributed by atoms with E-state index in [1.807, 2.05) is 47.8 Å². The van der Waals surface area contributed by atoms with Crippen molar-refractivity contribution in [2.45, 2.75) is 11.7 Å². The van der Waals surface area contributed by atoms with Gasteiger partial charge in [-0.25, -0.2) is 14.6 Å². The van der Waals surface area contributed by atoms with Gasteiger partial charge >= 0.3 is 0 Å². The molecule has 1 N–H and O–H groups in total. The van der Waals surface area contributed by atoms with E-state index in [1.165, 1.54) is 23.1 Å². The Balaban J connectivity index is 1.40. The van der Waals surface area contributed by atoms with E-state index < -0.39 is 0 Å². The Morgan fingerprint density at radius 1 is 1.14 bits per heavy atom. The zero-order chi connectivity index (χ0) is 24.8. The summed E-state index contributed by atoms with van der Waals surface area (Å²) in [5, 5.41) is 10.3. The highest BCUT2D eigenvalue weighted by Crippen LogP contribution is 2.33. The number of amides is 1. The minimum absolute atomic E-state index is 0.156. The van der Waals surface area contributed by atoms with Gasteiger partial charge in [-0.2, -0.15) is 0 Å². The summed E-state index contributed by atoms with van der Waals surface area (Å²) in [5.74, 6) is 1.95. The molecular formula is C24H22BrN5O3S2. The molecule has 0 fully saturated rings. The van der Waals surface area contributed by atoms with Gasteiger partial charge in [0, 0.05) is 21.0 Å². The molecular weight excluding hydrogens is 550 g/mol. The van der Waals surface area contributed by atoms with Gasteiger partial charge in [0.25, 0.3) is 0 Å². The van der Waals surface area contributed by atoms with Crippen LogP contribution in [0.3, 0.4) is 0 Å². The number of aromatic nitrogens is 4. The molecule has 35 heavy (non-hydrogen) atoms. The second-order valence-corrected chi connectivity index (χ2v) is 9.86. The third-order valence-corrected chi connectivity index (χ3v) is 6.94. The first-order valence-electron chi connectivity index (χ1n) is 10.4. The van der Waals surface area contributed by atoms with Crippen molar-refractivity contribution in [1.29, 1.82) is 0 Å². The first-order valence-corrected chi connectivity index (χ1v) is 13.1. The number of carbonyl (C=O) groups excluding carboxylic acids is 1. The van der Waals surface area contributed by atoms with E-state index in [0.717, 1.165) is 27.1 Å². The Morgan fingerprint density at radius 2 is 1.89 bits per heavy atom. The number of anilines is 1. The fraction of sp³-hybridized carbons (Fsp3) is 0.167. The molecule has 8 nitrogen and oxygen atoms in total. The largest absolute Gasteiger partial charge is 0.493 e. The number of carbonyl (C=O) groups is 1. The summed E-state index contributed by atoms with van der Waals surface area (Å²) >= 11 is 6.07. The molecule has 11 heteroatoms. The number of allylic oxidation sites excluding steroid dienone is 1. The SMILES string of the molecule is C=CCn1nc(SCC(=O)Nc2nc(-c3ccc(OC)c(OC)c3)cs2)nc1-c1ccc(Br)cc1. The van der Waals surface area contributed by atoms with Crippen LogP contribution in [0.5, 0.6) is 11.5 Å². The minimum atomic E-state index is -0.187. The molecule has 0 atom stereocenters. The standard InChI is InChI=1S/C24H22BrN5O3S2/c1-4-11-30-22(15-5-8-17(25)9-6-15)28-24(29-30)35-14-21(31)27-23-26-18(13-34-23)16-7-10-19(32-2)20(12-16)33-3/h4-10,12-13H,1,11,14H2,2-3H3,(H,26,27,31). The van der Waals surface area contributed by atoms with E-state index in [9.17, 15) is 4.79 Å². The van der Waals surface area contributed by atoms with Gasteiger partial charge in [-0.1, -0.05) is 45.9 Å². The molecule has 2 aromatic heterocycles. The fourth-order valence-electron chi connectivity index (χ4n) is 3.19. The van der Waals surface area contributed by atoms with Crippen LogP contribution in [0.2, 0.25) is 0 Å². The van der Waals surface area contributed by atoms with Gasteiger partial charge in [0.15, 0.2) is 22.5 Å². The molecule has 0 aliphatic rings. The number of thiazole rings is 1. The van der Waals surface area contributed by atoms with Gasteiger partial charge < -0.3 is 14.8 Å². The highest BCUT2D eigenvalue weighted by atomic mass is 79.9. The smallest absolute Gasteiger partial charge is 0.236 e. The van der Waals surface area contributed by atoms with Crippen LogP contribution < -0.4 is 14.8 Å². The van der Waals surface area contributed by atoms with Gasteiger partial charge in [0.1, 0.15) is 0 Å². The van der Waals surface area contributed by atoms with Gasteiger partial charge in [-0.15, -0.1) is 23.0 Å². The van der Waals surface area contributed by atoms with Crippen LogP contribution in [0.1, 0.15) is 0 Å². The number of nitrogens with zero attached hydrogens (tertiary/aromatic N) is 4. The van der Waals surface area contributed by atoms with E-state index in [0.29, 0.717) is 28.3 Å². The summed E-state index contributed by atoms with van der Waals surface area (Å²) in [7, 11) is 3.18. The zero-order valence-electron chi connectivity index (χ0n) is 19.0. The van der Waals surface area contributed by atoms with Crippen molar-refractivity contribution in [3.63, 3.8) is 0 Å². The van der Waals surface area contributed by atoms with E-state index in [1.54, 1.807) is 25.0 Å². The normalized spacial score (nSPS) is 10.7. The average Bonchev–Trinajstić information content (AvgIpc) is 3.50. The van der Waals surface area contributed by atoms with Gasteiger partial charge in [0.2, 0.25) is 11.1 Å². The monoisotopic (exact) mass is 571 g/mol. The number of methoxy groups -OCH3 is 2. The number of halogens is 1. The maximum Gasteiger partial charge on any atom is 0.236 e. The van der Waals surface area contributed by atoms with Gasteiger partial charge in [-0.3, -0.25) is 4.79 Å². The van der Waals surface area contributed by atoms with Crippen molar-refractivity contribution >= 4 is 50.1 Å². The van der Waals surface area contributed by atoms with Crippen molar-refractivity contribution in [3.05, 3.63) is 65.0 Å². The molecule has 4 aromatic rings. The summed E-state index contributed by atoms with van der Waals surface area (Å²) < 4.78 is 13.4. The lowest BCUT2D eigenvalue weighted by molar-refractivity contribution is -0.113. The van der Waals surface area contributed by atoms with E-state index in [2.05, 4.69) is 42.9 Å². The van der Waals surface area contributed by atoms with Crippen LogP contribution in [0, 0.1) is 0 Å². The Labute approximate surface area is 219 Å². The summed E-state index contributed by atoms with van der Waals surface area (Å²) in [4.78, 5) is 21.7. The number of hydrogen-bond donors (Lipinski definition) is 1. The van der Waals surface area contributed by atoms with Gasteiger partial charge in [-0.05, 0) is 30.3 Å². The van der Waals surface area contributed by atoms with Crippen LogP contribution in [-0.2, 0) is 11.3 Å². The van der Waals surface area contributed by atoms with Crippen LogP contribution in [0.15, 0.2) is 70.1 Å². The maximum atomic E-state index is 12.6. The number of ether oxygens (including phenoxy) is 2. The van der Waals surface area contributed by atoms with Crippen molar-refractivity contribution < 1.29 is 14.3 Å². The lowest BCUT2D eigenvalue weighted by Crippen LogP contribution is -2.14. The second kappa shape index (κ2) is 11.5. The van der Waals surface area contributed by atoms with E-state index in [4.69, 9.17) is 9.47 Å². The fourth-order valence-corrected chi connectivity index (χ4v) is 4.83. The third kappa shape index (κ3) is 6.11. The van der Waals surface area contributed by atoms with Crippen molar-refractivity contribution in [2.24, 2.45) is 0 Å². The lowest BCUT2D eigenvalue weighted by Gasteiger charge is -2.08. The summed E-state index contributed by atoms with van der Waals surface area (Å²) in [6.45, 7) is 4.31. The van der Waals surface area contributed by atoms with Gasteiger partial charge in [0.05, 0.1) is 32.2 Å². The highest BCUT2D eigenvalue weighted by molar-refractivity contribution is 9.10. The molecule has 0 aliphatic heterocycles. The lowest BCUT2D eigenvalue weighted by atomic mass is 10.1. The molecule has 180 valence electrons. The highest BCUT2D eigenvalue weighted by Gasteiger charge is 2.15. The maximum absolute atomic E-state index is 12.6. The van der Waals surface area contributed by atoms with Crippen molar-refractivity contribution in [3.8, 4) is 34.1 Å². The van der Waals surface area contributed by atoms with Crippen LogP contribution in [0.25, 0.3) is 22.6 Å². The number of rotatable bonds is 10. The zero-order valence-corrected chi connectivity index (χ0v) is 22.2. The molecule has 0 radical (unpaired) electrons. The Morgan fingerprint density at radius 3 is 2.60 bits per heavy atom. The van der Waals surface area contributed by atoms with Crippen molar-refractivity contribution in [2.75, 3.05) is 25.3 Å². The minimum Gasteiger partial charge on any atom is -0.493 e. The molecule has 0 bridgehead atoms. The summed E-state index contributed by atoms with van der Waals surface area (Å²) in [5.41, 5.74) is 2.54. The van der Waals surface area contributed by atoms with Crippen LogP contribution in [-0.4, -0.2) is 45.6 Å². The van der Waals surface area contributed by atoms with Crippen LogP contribution in [0.4, 0.5) is 5.13 Å². The number of thioether (sulfide) groups is 1. The molecule has 0 aliphatic carbocycles. The first-order chi connectivity index (χ1) is 17.0. The average molecular weight is 573 g/mol. The molecule has 0 unspecified atom stereocenters. The topological polar surface area (TPSA) is 91.2 Å². The molecule has 0 saturated carbocycles. The van der Waals surface area contributed by atoms with E-state index in [-0.39, 0.29) is 11.7 Å². The number of nitrogens with one attached hydrogen (secondary N) is 1. The predicted octanol–water partition coefficient (Wildman–Crippen LogP) is 5.77. The second-order valence-electron chi connectivity index (χ2n) is 7.14. The molecule has 0 saturated heterocycles. The molecule has 2 aromatic carbocycles. The first kappa shape index (κ1) is 25.0. The van der Waals surface area contributed by atoms with Crippen molar-refractivity contribution in [1.82, 2.24) is 19.7 Å². The van der Waals surface area contributed by atoms with E-state index >= 15 is 0 Å². The molecule has 1 amide bonds.